The third-order valence-electron chi connectivity index (χ3n) is 6.35. The van der Waals surface area contributed by atoms with Gasteiger partial charge in [-0.3, -0.25) is 0 Å². The largest absolute Gasteiger partial charge is 0.382 e. The maximum Gasteiger partial charge on any atom is 0.203 e. The Morgan fingerprint density at radius 1 is 1.00 bits per heavy atom. The summed E-state index contributed by atoms with van der Waals surface area (Å²) in [6.45, 7) is 4.66. The number of rotatable bonds is 4. The van der Waals surface area contributed by atoms with Crippen molar-refractivity contribution in [3.05, 3.63) is 35.4 Å². The van der Waals surface area contributed by atoms with E-state index >= 15 is 0 Å². The molecule has 1 fully saturated rings. The summed E-state index contributed by atoms with van der Waals surface area (Å²) in [5, 5.41) is 0. The molecule has 1 nitrogen and oxygen atoms in total. The van der Waals surface area contributed by atoms with Crippen LogP contribution in [0.2, 0.25) is 0 Å². The van der Waals surface area contributed by atoms with E-state index in [2.05, 4.69) is 24.2 Å². The molecule has 1 atom stereocenters. The molecule has 2 aliphatic carbocycles. The van der Waals surface area contributed by atoms with E-state index in [1.54, 1.807) is 6.07 Å². The van der Waals surface area contributed by atoms with Crippen LogP contribution in [-0.4, -0.2) is 0 Å². The molecule has 0 aliphatic heterocycles. The van der Waals surface area contributed by atoms with E-state index in [-0.39, 0.29) is 5.75 Å². The molecule has 2 aliphatic rings. The highest BCUT2D eigenvalue weighted by Crippen LogP contribution is 2.43. The van der Waals surface area contributed by atoms with Gasteiger partial charge in [0, 0.05) is 5.56 Å². The van der Waals surface area contributed by atoms with E-state index in [9.17, 15) is 8.78 Å². The van der Waals surface area contributed by atoms with Crippen LogP contribution in [0.5, 0.6) is 5.75 Å². The highest BCUT2D eigenvalue weighted by molar-refractivity contribution is 6.09. The fourth-order valence-corrected chi connectivity index (χ4v) is 4.77. The molecule has 0 spiro atoms. The van der Waals surface area contributed by atoms with Gasteiger partial charge in [0.2, 0.25) is 5.82 Å². The Balaban J connectivity index is 1.65. The first-order valence-electron chi connectivity index (χ1n) is 9.47. The molecule has 138 valence electrons. The van der Waals surface area contributed by atoms with Crippen LogP contribution in [0.1, 0.15) is 64.4 Å². The van der Waals surface area contributed by atoms with Gasteiger partial charge in [0.1, 0.15) is 11.9 Å². The average molecular weight is 369 g/mol. The lowest BCUT2D eigenvalue weighted by atomic mass is 9.69. The van der Waals surface area contributed by atoms with Crippen LogP contribution in [-0.2, 0) is 0 Å². The molecule has 4 heteroatoms. The van der Waals surface area contributed by atoms with Crippen molar-refractivity contribution in [2.24, 2.45) is 23.7 Å². The van der Waals surface area contributed by atoms with Crippen LogP contribution in [0.4, 0.5) is 8.78 Å². The van der Waals surface area contributed by atoms with Gasteiger partial charge in [-0.05, 0) is 86.3 Å². The summed E-state index contributed by atoms with van der Waals surface area (Å²) in [4.78, 5) is 0. The van der Waals surface area contributed by atoms with Gasteiger partial charge in [-0.25, -0.2) is 4.39 Å². The summed E-state index contributed by atoms with van der Waals surface area (Å²) < 4.78 is 32.5. The van der Waals surface area contributed by atoms with Crippen LogP contribution >= 0.6 is 11.9 Å². The Hall–Kier alpha value is -1.09. The van der Waals surface area contributed by atoms with Crippen molar-refractivity contribution in [3.8, 4) is 5.75 Å². The monoisotopic (exact) mass is 368 g/mol. The summed E-state index contributed by atoms with van der Waals surface area (Å²) >= 11 is 5.16. The zero-order valence-electron chi connectivity index (χ0n) is 15.0. The summed E-state index contributed by atoms with van der Waals surface area (Å²) in [6.07, 6.45) is 10.3. The maximum atomic E-state index is 14.2. The molecular weight excluding hydrogens is 342 g/mol. The van der Waals surface area contributed by atoms with Crippen molar-refractivity contribution in [3.63, 3.8) is 0 Å². The zero-order chi connectivity index (χ0) is 18.0. The van der Waals surface area contributed by atoms with Gasteiger partial charge in [0.15, 0.2) is 11.6 Å². The van der Waals surface area contributed by atoms with Crippen LogP contribution in [0.25, 0.3) is 5.57 Å². The second kappa shape index (κ2) is 8.07. The van der Waals surface area contributed by atoms with Crippen LogP contribution < -0.4 is 4.29 Å². The fraction of sp³-hybridized carbons (Fsp3) is 0.619. The molecule has 0 saturated heterocycles. The minimum Gasteiger partial charge on any atom is -0.382 e. The number of hydrogen-bond acceptors (Lipinski definition) is 1. The predicted octanol–water partition coefficient (Wildman–Crippen LogP) is 7.14. The average Bonchev–Trinajstić information content (AvgIpc) is 2.64. The minimum absolute atomic E-state index is 0.265. The first-order chi connectivity index (χ1) is 12.0. The number of hydrogen-bond donors (Lipinski definition) is 0. The van der Waals surface area contributed by atoms with Crippen molar-refractivity contribution >= 4 is 17.4 Å². The number of benzene rings is 1. The molecule has 0 amide bonds. The SMILES string of the molecule is CC(C)C1CCC(C2CC=C(c3ccc(OCl)c(F)c3F)CC2)CC1. The standard InChI is InChI=1S/C21H27ClF2O/c1-13(2)14-3-5-15(6-4-14)16-7-9-17(10-8-16)18-11-12-19(25-22)21(24)20(18)23/h9,11-16H,3-8,10H2,1-2H3. The normalized spacial score (nSPS) is 27.3. The molecule has 0 bridgehead atoms. The van der Waals surface area contributed by atoms with Gasteiger partial charge in [-0.2, -0.15) is 4.39 Å². The van der Waals surface area contributed by atoms with E-state index in [0.29, 0.717) is 11.5 Å². The lowest BCUT2D eigenvalue weighted by Gasteiger charge is -2.36. The molecule has 3 rings (SSSR count). The van der Waals surface area contributed by atoms with Crippen LogP contribution in [0.15, 0.2) is 18.2 Å². The van der Waals surface area contributed by atoms with Crippen molar-refractivity contribution in [2.75, 3.05) is 0 Å². The Labute approximate surface area is 154 Å². The molecular formula is C21H27ClF2O. The van der Waals surface area contributed by atoms with Gasteiger partial charge >= 0.3 is 0 Å². The summed E-state index contributed by atoms with van der Waals surface area (Å²) in [5.74, 6) is 1.01. The molecule has 0 heterocycles. The lowest BCUT2D eigenvalue weighted by molar-refractivity contribution is 0.168. The molecule has 1 aromatic carbocycles. The maximum absolute atomic E-state index is 14.2. The van der Waals surface area contributed by atoms with Crippen molar-refractivity contribution in [1.82, 2.24) is 0 Å². The number of halogens is 3. The van der Waals surface area contributed by atoms with Gasteiger partial charge in [0.25, 0.3) is 0 Å². The molecule has 0 N–H and O–H groups in total. The third kappa shape index (κ3) is 4.02. The molecule has 0 aromatic heterocycles. The molecule has 1 aromatic rings. The molecule has 1 saturated carbocycles. The van der Waals surface area contributed by atoms with Crippen LogP contribution in [0.3, 0.4) is 0 Å². The minimum atomic E-state index is -1.01. The van der Waals surface area contributed by atoms with E-state index < -0.39 is 11.6 Å². The summed E-state index contributed by atoms with van der Waals surface area (Å²) in [7, 11) is 0. The second-order valence-corrected chi connectivity index (χ2v) is 8.15. The van der Waals surface area contributed by atoms with E-state index in [1.807, 2.05) is 0 Å². The van der Waals surface area contributed by atoms with Crippen molar-refractivity contribution in [1.29, 1.82) is 0 Å². The second-order valence-electron chi connectivity index (χ2n) is 8.00. The van der Waals surface area contributed by atoms with Crippen LogP contribution in [0, 0.1) is 35.3 Å². The predicted molar refractivity (Wildman–Crippen MR) is 98.4 cm³/mol. The summed E-state index contributed by atoms with van der Waals surface area (Å²) in [5.41, 5.74) is 1.25. The smallest absolute Gasteiger partial charge is 0.203 e. The first-order valence-corrected chi connectivity index (χ1v) is 9.78. The van der Waals surface area contributed by atoms with Gasteiger partial charge < -0.3 is 4.29 Å². The third-order valence-corrected chi connectivity index (χ3v) is 6.52. The fourth-order valence-electron chi connectivity index (χ4n) is 4.65. The first kappa shape index (κ1) is 18.7. The van der Waals surface area contributed by atoms with Crippen molar-refractivity contribution < 1.29 is 13.1 Å². The quantitative estimate of drug-likeness (QED) is 0.548. The van der Waals surface area contributed by atoms with E-state index in [1.165, 1.54) is 31.7 Å². The van der Waals surface area contributed by atoms with Gasteiger partial charge in [0.05, 0.1) is 0 Å². The molecule has 25 heavy (non-hydrogen) atoms. The Kier molecular flexibility index (Phi) is 6.04. The van der Waals surface area contributed by atoms with E-state index in [0.717, 1.165) is 42.6 Å². The highest BCUT2D eigenvalue weighted by atomic mass is 35.5. The Morgan fingerprint density at radius 2 is 1.72 bits per heavy atom. The summed E-state index contributed by atoms with van der Waals surface area (Å²) in [6, 6.07) is 2.96. The van der Waals surface area contributed by atoms with Gasteiger partial charge in [-0.1, -0.05) is 19.9 Å². The molecule has 1 unspecified atom stereocenters. The Morgan fingerprint density at radius 3 is 2.28 bits per heavy atom. The molecule has 0 radical (unpaired) electrons. The van der Waals surface area contributed by atoms with Gasteiger partial charge in [-0.15, -0.1) is 0 Å². The topological polar surface area (TPSA) is 9.23 Å². The highest BCUT2D eigenvalue weighted by Gasteiger charge is 2.30. The van der Waals surface area contributed by atoms with E-state index in [4.69, 9.17) is 11.9 Å². The Bertz CT molecular complexity index is 633. The zero-order valence-corrected chi connectivity index (χ0v) is 15.8. The van der Waals surface area contributed by atoms with Crippen molar-refractivity contribution in [2.45, 2.75) is 58.8 Å². The lowest BCUT2D eigenvalue weighted by Crippen LogP contribution is -2.25. The number of allylic oxidation sites excluding steroid dienone is 2.